The molecule has 10 heavy (non-hydrogen) atoms. The molecule has 3 atom stereocenters. The molecule has 1 aliphatic heterocycles. The van der Waals surface area contributed by atoms with Crippen molar-refractivity contribution in [1.82, 2.24) is 10.6 Å². The summed E-state index contributed by atoms with van der Waals surface area (Å²) in [7, 11) is 0. The molecule has 2 fully saturated rings. The minimum absolute atomic E-state index is 0.0153. The number of rotatable bonds is 0. The van der Waals surface area contributed by atoms with Crippen LogP contribution in [-0.2, 0) is 0 Å². The van der Waals surface area contributed by atoms with E-state index >= 15 is 0 Å². The Balaban J connectivity index is 2.12. The SMILES string of the molecule is CC1CCC2NC(=O)NC12. The van der Waals surface area contributed by atoms with Crippen LogP contribution < -0.4 is 10.6 Å². The first kappa shape index (κ1) is 6.01. The minimum Gasteiger partial charge on any atom is -0.333 e. The first-order valence-corrected chi connectivity index (χ1v) is 3.84. The van der Waals surface area contributed by atoms with Crippen LogP contribution in [0.1, 0.15) is 19.8 Å². The summed E-state index contributed by atoms with van der Waals surface area (Å²) >= 11 is 0. The quantitative estimate of drug-likeness (QED) is 0.504. The summed E-state index contributed by atoms with van der Waals surface area (Å²) in [5.41, 5.74) is 0. The van der Waals surface area contributed by atoms with Gasteiger partial charge < -0.3 is 10.6 Å². The molecule has 56 valence electrons. The van der Waals surface area contributed by atoms with E-state index < -0.39 is 0 Å². The Hall–Kier alpha value is -0.730. The summed E-state index contributed by atoms with van der Waals surface area (Å²) in [5, 5.41) is 5.81. The average Bonchev–Trinajstić information content (AvgIpc) is 2.35. The third kappa shape index (κ3) is 0.696. The Morgan fingerprint density at radius 2 is 2.20 bits per heavy atom. The molecule has 0 aromatic carbocycles. The van der Waals surface area contributed by atoms with Gasteiger partial charge in [-0.2, -0.15) is 0 Å². The van der Waals surface area contributed by atoms with E-state index in [4.69, 9.17) is 0 Å². The van der Waals surface area contributed by atoms with E-state index in [0.29, 0.717) is 18.0 Å². The van der Waals surface area contributed by atoms with E-state index in [0.717, 1.165) is 6.42 Å². The zero-order valence-corrected chi connectivity index (χ0v) is 6.05. The van der Waals surface area contributed by atoms with E-state index in [1.165, 1.54) is 6.42 Å². The predicted molar refractivity (Wildman–Crippen MR) is 37.6 cm³/mol. The van der Waals surface area contributed by atoms with E-state index in [2.05, 4.69) is 17.6 Å². The summed E-state index contributed by atoms with van der Waals surface area (Å²) in [5.74, 6) is 0.656. The van der Waals surface area contributed by atoms with Gasteiger partial charge >= 0.3 is 6.03 Å². The van der Waals surface area contributed by atoms with Crippen molar-refractivity contribution in [2.75, 3.05) is 0 Å². The second kappa shape index (κ2) is 1.87. The van der Waals surface area contributed by atoms with E-state index in [9.17, 15) is 4.79 Å². The van der Waals surface area contributed by atoms with Crippen LogP contribution in [0.3, 0.4) is 0 Å². The fourth-order valence-corrected chi connectivity index (χ4v) is 1.96. The highest BCUT2D eigenvalue weighted by Crippen LogP contribution is 2.27. The van der Waals surface area contributed by atoms with Crippen LogP contribution >= 0.6 is 0 Å². The van der Waals surface area contributed by atoms with Crippen LogP contribution in [0.25, 0.3) is 0 Å². The van der Waals surface area contributed by atoms with Crippen molar-refractivity contribution in [2.45, 2.75) is 31.8 Å². The summed E-state index contributed by atoms with van der Waals surface area (Å²) < 4.78 is 0. The van der Waals surface area contributed by atoms with E-state index in [-0.39, 0.29) is 6.03 Å². The molecule has 3 unspecified atom stereocenters. The Morgan fingerprint density at radius 3 is 2.90 bits per heavy atom. The molecule has 2 aliphatic rings. The van der Waals surface area contributed by atoms with Crippen LogP contribution in [0.4, 0.5) is 4.79 Å². The lowest BCUT2D eigenvalue weighted by molar-refractivity contribution is 0.245. The molecule has 0 radical (unpaired) electrons. The predicted octanol–water partition coefficient (Wildman–Crippen LogP) is 0.466. The third-order valence-corrected chi connectivity index (χ3v) is 2.59. The molecule has 3 nitrogen and oxygen atoms in total. The van der Waals surface area contributed by atoms with Crippen LogP contribution in [0.5, 0.6) is 0 Å². The number of hydrogen-bond acceptors (Lipinski definition) is 1. The molecule has 0 bridgehead atoms. The molecular formula is C7H12N2O. The molecule has 3 heteroatoms. The van der Waals surface area contributed by atoms with E-state index in [1.54, 1.807) is 0 Å². The highest BCUT2D eigenvalue weighted by molar-refractivity contribution is 5.77. The first-order valence-electron chi connectivity index (χ1n) is 3.84. The molecule has 0 aromatic heterocycles. The molecule has 1 saturated heterocycles. The molecule has 2 N–H and O–H groups in total. The smallest absolute Gasteiger partial charge is 0.315 e. The van der Waals surface area contributed by atoms with Gasteiger partial charge in [0, 0.05) is 0 Å². The lowest BCUT2D eigenvalue weighted by Gasteiger charge is -2.11. The molecule has 1 heterocycles. The van der Waals surface area contributed by atoms with E-state index in [1.807, 2.05) is 0 Å². The largest absolute Gasteiger partial charge is 0.333 e. The second-order valence-electron chi connectivity index (χ2n) is 3.30. The van der Waals surface area contributed by atoms with Gasteiger partial charge in [-0.1, -0.05) is 6.92 Å². The van der Waals surface area contributed by atoms with Crippen molar-refractivity contribution < 1.29 is 4.79 Å². The van der Waals surface area contributed by atoms with Gasteiger partial charge in [0.15, 0.2) is 0 Å². The van der Waals surface area contributed by atoms with Crippen LogP contribution in [0.2, 0.25) is 0 Å². The number of nitrogens with one attached hydrogen (secondary N) is 2. The zero-order valence-electron chi connectivity index (χ0n) is 6.05. The lowest BCUT2D eigenvalue weighted by Crippen LogP contribution is -2.31. The Bertz CT molecular complexity index is 169. The molecule has 2 rings (SSSR count). The van der Waals surface area contributed by atoms with Gasteiger partial charge in [-0.15, -0.1) is 0 Å². The van der Waals surface area contributed by atoms with Crippen molar-refractivity contribution in [3.05, 3.63) is 0 Å². The molecule has 0 spiro atoms. The van der Waals surface area contributed by atoms with Crippen molar-refractivity contribution in [3.8, 4) is 0 Å². The Labute approximate surface area is 60.2 Å². The van der Waals surface area contributed by atoms with Gasteiger partial charge in [-0.3, -0.25) is 0 Å². The third-order valence-electron chi connectivity index (χ3n) is 2.59. The van der Waals surface area contributed by atoms with Crippen molar-refractivity contribution in [3.63, 3.8) is 0 Å². The monoisotopic (exact) mass is 140 g/mol. The summed E-state index contributed by atoms with van der Waals surface area (Å²) in [6, 6.07) is 0.844. The van der Waals surface area contributed by atoms with Crippen molar-refractivity contribution >= 4 is 6.03 Å². The first-order chi connectivity index (χ1) is 4.77. The number of fused-ring (bicyclic) bond motifs is 1. The summed E-state index contributed by atoms with van der Waals surface area (Å²) in [6.45, 7) is 2.19. The van der Waals surface area contributed by atoms with Gasteiger partial charge in [0.1, 0.15) is 0 Å². The number of carbonyl (C=O) groups is 1. The maximum absolute atomic E-state index is 10.8. The van der Waals surface area contributed by atoms with Crippen LogP contribution in [-0.4, -0.2) is 18.1 Å². The number of urea groups is 1. The fourth-order valence-electron chi connectivity index (χ4n) is 1.96. The number of amides is 2. The lowest BCUT2D eigenvalue weighted by atomic mass is 10.1. The summed E-state index contributed by atoms with van der Waals surface area (Å²) in [6.07, 6.45) is 2.38. The molecule has 1 saturated carbocycles. The van der Waals surface area contributed by atoms with Gasteiger partial charge in [0.25, 0.3) is 0 Å². The normalized spacial score (nSPS) is 44.5. The molecular weight excluding hydrogens is 128 g/mol. The zero-order chi connectivity index (χ0) is 7.14. The fraction of sp³-hybridized carbons (Fsp3) is 0.857. The van der Waals surface area contributed by atoms with Gasteiger partial charge in [-0.25, -0.2) is 4.79 Å². The van der Waals surface area contributed by atoms with Gasteiger partial charge in [-0.05, 0) is 18.8 Å². The second-order valence-corrected chi connectivity index (χ2v) is 3.30. The Morgan fingerprint density at radius 1 is 1.40 bits per heavy atom. The van der Waals surface area contributed by atoms with Gasteiger partial charge in [0.05, 0.1) is 12.1 Å². The van der Waals surface area contributed by atoms with Crippen molar-refractivity contribution in [1.29, 1.82) is 0 Å². The average molecular weight is 140 g/mol. The van der Waals surface area contributed by atoms with Crippen LogP contribution in [0, 0.1) is 5.92 Å². The Kier molecular flexibility index (Phi) is 1.13. The van der Waals surface area contributed by atoms with Crippen molar-refractivity contribution in [2.24, 2.45) is 5.92 Å². The minimum atomic E-state index is 0.0153. The number of carbonyl (C=O) groups excluding carboxylic acids is 1. The van der Waals surface area contributed by atoms with Gasteiger partial charge in [0.2, 0.25) is 0 Å². The standard InChI is InChI=1S/C7H12N2O/c1-4-2-3-5-6(4)9-7(10)8-5/h4-6H,2-3H2,1H3,(H2,8,9,10). The maximum Gasteiger partial charge on any atom is 0.315 e. The highest BCUT2D eigenvalue weighted by atomic mass is 16.2. The number of hydrogen-bond donors (Lipinski definition) is 2. The molecule has 2 amide bonds. The van der Waals surface area contributed by atoms with Crippen LogP contribution in [0.15, 0.2) is 0 Å². The molecule has 0 aromatic rings. The highest BCUT2D eigenvalue weighted by Gasteiger charge is 2.39. The molecule has 1 aliphatic carbocycles. The summed E-state index contributed by atoms with van der Waals surface area (Å²) in [4.78, 5) is 10.8. The topological polar surface area (TPSA) is 41.1 Å². The maximum atomic E-state index is 10.8.